The molecule has 1 aromatic heterocycles. The third kappa shape index (κ3) is 3.99. The Morgan fingerprint density at radius 3 is 2.19 bits per heavy atom. The maximum atomic E-state index is 9.76. The number of benzene rings is 3. The summed E-state index contributed by atoms with van der Waals surface area (Å²) < 4.78 is 6.13. The van der Waals surface area contributed by atoms with Gasteiger partial charge in [0.25, 0.3) is 0 Å². The molecule has 0 saturated heterocycles. The van der Waals surface area contributed by atoms with Crippen molar-refractivity contribution >= 4 is 10.9 Å². The first-order valence-corrected chi connectivity index (χ1v) is 9.05. The predicted molar refractivity (Wildman–Crippen MR) is 108 cm³/mol. The van der Waals surface area contributed by atoms with Crippen LogP contribution in [0.3, 0.4) is 0 Å². The molecule has 0 aliphatic heterocycles. The second-order valence-corrected chi connectivity index (χ2v) is 6.56. The van der Waals surface area contributed by atoms with Gasteiger partial charge in [0.2, 0.25) is 0 Å². The van der Waals surface area contributed by atoms with Crippen LogP contribution in [0.1, 0.15) is 22.3 Å². The first-order chi connectivity index (χ1) is 13.3. The van der Waals surface area contributed by atoms with E-state index in [9.17, 15) is 5.11 Å². The summed E-state index contributed by atoms with van der Waals surface area (Å²) in [6.45, 7) is 0.353. The molecule has 0 unspecified atom stereocenters. The van der Waals surface area contributed by atoms with E-state index in [1.54, 1.807) is 6.20 Å². The van der Waals surface area contributed by atoms with E-state index in [1.165, 1.54) is 11.1 Å². The molecule has 0 amide bonds. The summed E-state index contributed by atoms with van der Waals surface area (Å²) in [6.07, 6.45) is 2.54. The topological polar surface area (TPSA) is 42.4 Å². The van der Waals surface area contributed by atoms with Crippen molar-refractivity contribution in [2.75, 3.05) is 0 Å². The molecular weight excluding hydrogens is 334 g/mol. The van der Waals surface area contributed by atoms with E-state index in [0.717, 1.165) is 22.9 Å². The van der Waals surface area contributed by atoms with Crippen LogP contribution in [0, 0.1) is 0 Å². The van der Waals surface area contributed by atoms with Crippen molar-refractivity contribution in [3.05, 3.63) is 107 Å². The molecular formula is C24H21NO2. The summed E-state index contributed by atoms with van der Waals surface area (Å²) in [6, 6.07) is 26.7. The van der Waals surface area contributed by atoms with Crippen LogP contribution < -0.4 is 4.74 Å². The fourth-order valence-corrected chi connectivity index (χ4v) is 3.21. The largest absolute Gasteiger partial charge is 0.488 e. The van der Waals surface area contributed by atoms with Gasteiger partial charge >= 0.3 is 0 Å². The van der Waals surface area contributed by atoms with Gasteiger partial charge in [0.15, 0.2) is 0 Å². The van der Waals surface area contributed by atoms with Gasteiger partial charge in [-0.25, -0.2) is 0 Å². The summed E-state index contributed by atoms with van der Waals surface area (Å²) in [5.41, 5.74) is 5.11. The van der Waals surface area contributed by atoms with Gasteiger partial charge in [0, 0.05) is 17.1 Å². The third-order valence-corrected chi connectivity index (χ3v) is 4.60. The van der Waals surface area contributed by atoms with Crippen molar-refractivity contribution in [2.24, 2.45) is 0 Å². The third-order valence-electron chi connectivity index (χ3n) is 4.60. The molecule has 134 valence electrons. The molecule has 1 heterocycles. The Bertz CT molecular complexity index is 1030. The van der Waals surface area contributed by atoms with E-state index < -0.39 is 0 Å². The van der Waals surface area contributed by atoms with Crippen LogP contribution in [0.5, 0.6) is 5.75 Å². The standard InChI is InChI=1S/C24H21NO2/c26-16-21-15-25-23-12-11-20(13-18-7-3-1-4-8-18)14-22(23)24(21)27-17-19-9-5-2-6-10-19/h1-12,14-15,26H,13,16-17H2. The molecule has 1 N–H and O–H groups in total. The van der Waals surface area contributed by atoms with E-state index in [1.807, 2.05) is 42.5 Å². The van der Waals surface area contributed by atoms with Crippen LogP contribution in [0.25, 0.3) is 10.9 Å². The number of pyridine rings is 1. The smallest absolute Gasteiger partial charge is 0.136 e. The summed E-state index contributed by atoms with van der Waals surface area (Å²) >= 11 is 0. The lowest BCUT2D eigenvalue weighted by atomic mass is 10.0. The van der Waals surface area contributed by atoms with Gasteiger partial charge in [0.05, 0.1) is 12.1 Å². The van der Waals surface area contributed by atoms with Crippen molar-refractivity contribution in [3.63, 3.8) is 0 Å². The van der Waals surface area contributed by atoms with Gasteiger partial charge in [-0.15, -0.1) is 0 Å². The molecule has 4 aromatic rings. The second-order valence-electron chi connectivity index (χ2n) is 6.56. The highest BCUT2D eigenvalue weighted by molar-refractivity contribution is 5.86. The average molecular weight is 355 g/mol. The SMILES string of the molecule is OCc1cnc2ccc(Cc3ccccc3)cc2c1OCc1ccccc1. The summed E-state index contributed by atoms with van der Waals surface area (Å²) in [4.78, 5) is 4.48. The van der Waals surface area contributed by atoms with Crippen LogP contribution in [-0.2, 0) is 19.6 Å². The summed E-state index contributed by atoms with van der Waals surface area (Å²) in [5.74, 6) is 0.710. The number of nitrogens with zero attached hydrogens (tertiary/aromatic N) is 1. The van der Waals surface area contributed by atoms with Crippen molar-refractivity contribution in [1.82, 2.24) is 4.98 Å². The van der Waals surface area contributed by atoms with E-state index in [-0.39, 0.29) is 6.61 Å². The highest BCUT2D eigenvalue weighted by Crippen LogP contribution is 2.30. The monoisotopic (exact) mass is 355 g/mol. The van der Waals surface area contributed by atoms with E-state index in [0.29, 0.717) is 17.9 Å². The number of hydrogen-bond donors (Lipinski definition) is 1. The van der Waals surface area contributed by atoms with E-state index >= 15 is 0 Å². The Labute approximate surface area is 158 Å². The second kappa shape index (κ2) is 8.02. The highest BCUT2D eigenvalue weighted by Gasteiger charge is 2.11. The zero-order chi connectivity index (χ0) is 18.5. The molecule has 0 atom stereocenters. The molecule has 0 fully saturated rings. The lowest BCUT2D eigenvalue weighted by Crippen LogP contribution is -2.01. The zero-order valence-electron chi connectivity index (χ0n) is 15.0. The minimum absolute atomic E-state index is 0.101. The molecule has 3 heteroatoms. The normalized spacial score (nSPS) is 10.9. The molecule has 0 spiro atoms. The zero-order valence-corrected chi connectivity index (χ0v) is 15.0. The van der Waals surface area contributed by atoms with Gasteiger partial charge in [-0.1, -0.05) is 66.7 Å². The first-order valence-electron chi connectivity index (χ1n) is 9.05. The molecule has 0 aliphatic rings. The Morgan fingerprint density at radius 2 is 1.48 bits per heavy atom. The maximum absolute atomic E-state index is 9.76. The van der Waals surface area contributed by atoms with Gasteiger partial charge in [-0.3, -0.25) is 4.98 Å². The number of ether oxygens (including phenoxy) is 1. The number of aromatic nitrogens is 1. The van der Waals surface area contributed by atoms with E-state index in [2.05, 4.69) is 41.4 Å². The van der Waals surface area contributed by atoms with Gasteiger partial charge < -0.3 is 9.84 Å². The Morgan fingerprint density at radius 1 is 0.778 bits per heavy atom. The summed E-state index contributed by atoms with van der Waals surface area (Å²) in [5, 5.41) is 10.7. The Balaban J connectivity index is 1.69. The minimum atomic E-state index is -0.101. The van der Waals surface area contributed by atoms with Crippen molar-refractivity contribution in [2.45, 2.75) is 19.6 Å². The molecule has 3 aromatic carbocycles. The molecule has 3 nitrogen and oxygen atoms in total. The van der Waals surface area contributed by atoms with E-state index in [4.69, 9.17) is 4.74 Å². The molecule has 0 radical (unpaired) electrons. The van der Waals surface area contributed by atoms with Crippen LogP contribution in [0.15, 0.2) is 85.1 Å². The number of hydrogen-bond acceptors (Lipinski definition) is 3. The first kappa shape index (κ1) is 17.3. The number of aliphatic hydroxyl groups excluding tert-OH is 1. The average Bonchev–Trinajstić information content (AvgIpc) is 2.73. The molecule has 0 aliphatic carbocycles. The van der Waals surface area contributed by atoms with Crippen molar-refractivity contribution < 1.29 is 9.84 Å². The van der Waals surface area contributed by atoms with Crippen LogP contribution >= 0.6 is 0 Å². The fourth-order valence-electron chi connectivity index (χ4n) is 3.21. The number of rotatable bonds is 6. The number of fused-ring (bicyclic) bond motifs is 1. The lowest BCUT2D eigenvalue weighted by molar-refractivity contribution is 0.260. The fraction of sp³-hybridized carbons (Fsp3) is 0.125. The van der Waals surface area contributed by atoms with Gasteiger partial charge in [0.1, 0.15) is 12.4 Å². The molecule has 4 rings (SSSR count). The highest BCUT2D eigenvalue weighted by atomic mass is 16.5. The van der Waals surface area contributed by atoms with Crippen LogP contribution in [-0.4, -0.2) is 10.1 Å². The summed E-state index contributed by atoms with van der Waals surface area (Å²) in [7, 11) is 0. The van der Waals surface area contributed by atoms with Crippen LogP contribution in [0.2, 0.25) is 0 Å². The number of aliphatic hydroxyl groups is 1. The predicted octanol–water partition coefficient (Wildman–Crippen LogP) is 4.90. The van der Waals surface area contributed by atoms with Gasteiger partial charge in [-0.05, 0) is 35.2 Å². The Kier molecular flexibility index (Phi) is 5.13. The lowest BCUT2D eigenvalue weighted by Gasteiger charge is -2.14. The quantitative estimate of drug-likeness (QED) is 0.535. The van der Waals surface area contributed by atoms with Crippen molar-refractivity contribution in [3.8, 4) is 5.75 Å². The van der Waals surface area contributed by atoms with Crippen molar-refractivity contribution in [1.29, 1.82) is 0 Å². The molecule has 0 bridgehead atoms. The Hall–Kier alpha value is -3.17. The van der Waals surface area contributed by atoms with Gasteiger partial charge in [-0.2, -0.15) is 0 Å². The maximum Gasteiger partial charge on any atom is 0.136 e. The minimum Gasteiger partial charge on any atom is -0.488 e. The molecule has 0 saturated carbocycles. The molecule has 27 heavy (non-hydrogen) atoms. The van der Waals surface area contributed by atoms with Crippen LogP contribution in [0.4, 0.5) is 0 Å².